The number of β-amino-alcohol motifs (C(OH)–C–C–N with tert-alkyl or cyclic N) is 1. The number of aliphatic hydroxyl groups excluding tert-OH is 1. The van der Waals surface area contributed by atoms with Gasteiger partial charge in [0, 0.05) is 38.2 Å². The van der Waals surface area contributed by atoms with E-state index in [0.717, 1.165) is 32.8 Å². The zero-order valence-electron chi connectivity index (χ0n) is 43.7. The van der Waals surface area contributed by atoms with Crippen molar-refractivity contribution in [3.8, 4) is 16.2 Å². The maximum Gasteiger partial charge on any atom is 0.391 e. The first-order valence-corrected chi connectivity index (χ1v) is 26.4. The molecule has 2 fully saturated rings. The van der Waals surface area contributed by atoms with Crippen molar-refractivity contribution < 1.29 is 61.2 Å². The van der Waals surface area contributed by atoms with Crippen LogP contribution >= 0.6 is 11.3 Å². The minimum absolute atomic E-state index is 0.00456. The Hall–Kier alpha value is -6.26. The van der Waals surface area contributed by atoms with Gasteiger partial charge in [-0.05, 0) is 72.3 Å². The average Bonchev–Trinajstić information content (AvgIpc) is 4.02. The van der Waals surface area contributed by atoms with Crippen LogP contribution in [0.15, 0.2) is 72.4 Å². The predicted octanol–water partition coefficient (Wildman–Crippen LogP) is 6.35. The Morgan fingerprint density at radius 2 is 1.53 bits per heavy atom. The van der Waals surface area contributed by atoms with Gasteiger partial charge in [0.2, 0.25) is 23.6 Å². The Morgan fingerprint density at radius 1 is 0.842 bits per heavy atom. The van der Waals surface area contributed by atoms with Crippen LogP contribution in [0.4, 0.5) is 13.2 Å². The van der Waals surface area contributed by atoms with E-state index >= 15 is 0 Å². The number of aliphatic hydroxyl groups is 1. The number of hydrogen-bond acceptors (Lipinski definition) is 13. The Balaban J connectivity index is 0.818. The molecule has 4 aromatic rings. The first kappa shape index (κ1) is 59.0. The molecular weight excluding hydrogens is 1010 g/mol. The molecule has 2 aliphatic rings. The highest BCUT2D eigenvalue weighted by molar-refractivity contribution is 7.13. The molecule has 1 aliphatic heterocycles. The molecule has 2 aromatic heterocycles. The molecule has 5 N–H and O–H groups in total. The number of likely N-dealkylation sites (tertiary alicyclic amines) is 1. The number of ether oxygens (including phenoxy) is 4. The Kier molecular flexibility index (Phi) is 21.9. The number of thiazole rings is 1. The zero-order valence-corrected chi connectivity index (χ0v) is 44.5. The van der Waals surface area contributed by atoms with Gasteiger partial charge in [0.1, 0.15) is 30.1 Å². The standard InChI is InChI=1S/C55H70F3N7O10S/c1-35-49(76-34-63-35)40-14-10-37(11-15-40)29-62-52(70)45-28-43(66)32-65(45)53(71)50(54(2,3)4)64-48(68)33-75-24-23-74-22-21-73-20-19-59-47(67)26-38-7-6-8-39(25-38)30-61-51(69)44-27-41(46(72-5)31-60-44)16-9-36-12-17-42(18-13-36)55(56,57)58/h6-11,14-16,25,27,31,34,36,42-43,45,50,66H,12-13,17-24,26,28-30,32-33H2,1-5H3,(H,59,67)(H,61,69)(H,62,70)(H,64,68)/b16-9+/t36?,42?,43-,45+,50?/m1/s1. The number of methoxy groups -OCH3 is 1. The second kappa shape index (κ2) is 28.2. The summed E-state index contributed by atoms with van der Waals surface area (Å²) < 4.78 is 61.3. The number of aryl methyl sites for hydroxylation is 1. The minimum Gasteiger partial charge on any atom is -0.495 e. The van der Waals surface area contributed by atoms with E-state index < -0.39 is 59.3 Å². The maximum absolute atomic E-state index is 13.9. The molecule has 0 spiro atoms. The Morgan fingerprint density at radius 3 is 2.20 bits per heavy atom. The van der Waals surface area contributed by atoms with Crippen LogP contribution in [0.3, 0.4) is 0 Å². The largest absolute Gasteiger partial charge is 0.495 e. The van der Waals surface area contributed by atoms with E-state index in [0.29, 0.717) is 24.2 Å². The average molecular weight is 1080 g/mol. The highest BCUT2D eigenvalue weighted by Gasteiger charge is 2.45. The fourth-order valence-electron chi connectivity index (χ4n) is 8.98. The maximum atomic E-state index is 13.9. The number of halogens is 3. The van der Waals surface area contributed by atoms with Gasteiger partial charge in [-0.2, -0.15) is 13.2 Å². The molecule has 1 unspecified atom stereocenters. The second-order valence-electron chi connectivity index (χ2n) is 20.1. The lowest BCUT2D eigenvalue weighted by atomic mass is 9.81. The number of nitrogens with zero attached hydrogens (tertiary/aromatic N) is 3. The number of alkyl halides is 3. The van der Waals surface area contributed by atoms with E-state index in [1.807, 2.05) is 55.5 Å². The van der Waals surface area contributed by atoms with E-state index in [-0.39, 0.29) is 109 Å². The third-order valence-corrected chi connectivity index (χ3v) is 14.2. The van der Waals surface area contributed by atoms with Crippen molar-refractivity contribution in [2.45, 2.75) is 104 Å². The number of carbonyl (C=O) groups is 5. The van der Waals surface area contributed by atoms with Crippen molar-refractivity contribution in [3.63, 3.8) is 0 Å². The van der Waals surface area contributed by atoms with Crippen molar-refractivity contribution >= 4 is 46.9 Å². The second-order valence-corrected chi connectivity index (χ2v) is 20.9. The molecule has 2 aromatic carbocycles. The van der Waals surface area contributed by atoms with Gasteiger partial charge in [0.05, 0.1) is 80.9 Å². The molecule has 6 rings (SSSR count). The molecule has 1 aliphatic carbocycles. The smallest absolute Gasteiger partial charge is 0.391 e. The molecule has 0 radical (unpaired) electrons. The lowest BCUT2D eigenvalue weighted by molar-refractivity contribution is -0.183. The number of carbonyl (C=O) groups excluding carboxylic acids is 5. The quantitative estimate of drug-likeness (QED) is 0.0459. The van der Waals surface area contributed by atoms with Crippen molar-refractivity contribution in [2.75, 3.05) is 59.8 Å². The lowest BCUT2D eigenvalue weighted by Crippen LogP contribution is -2.58. The van der Waals surface area contributed by atoms with Gasteiger partial charge in [-0.15, -0.1) is 11.3 Å². The highest BCUT2D eigenvalue weighted by Crippen LogP contribution is 2.40. The van der Waals surface area contributed by atoms with E-state index in [1.165, 1.54) is 18.2 Å². The minimum atomic E-state index is -4.17. The monoisotopic (exact) mass is 1080 g/mol. The summed E-state index contributed by atoms with van der Waals surface area (Å²) in [6, 6.07) is 14.7. The number of pyridine rings is 1. The number of amides is 5. The zero-order chi connectivity index (χ0) is 54.8. The molecule has 1 saturated carbocycles. The van der Waals surface area contributed by atoms with Gasteiger partial charge in [0.25, 0.3) is 5.91 Å². The van der Waals surface area contributed by atoms with Crippen molar-refractivity contribution in [2.24, 2.45) is 17.3 Å². The summed E-state index contributed by atoms with van der Waals surface area (Å²) in [5, 5.41) is 21.9. The summed E-state index contributed by atoms with van der Waals surface area (Å²) >= 11 is 1.56. The molecule has 5 amide bonds. The number of allylic oxidation sites excluding steroid dienone is 1. The molecule has 17 nitrogen and oxygen atoms in total. The van der Waals surface area contributed by atoms with E-state index in [4.69, 9.17) is 18.9 Å². The van der Waals surface area contributed by atoms with Crippen molar-refractivity contribution in [1.82, 2.24) is 36.1 Å². The SMILES string of the molecule is COc1cnc(C(=O)NCc2cccc(CC(=O)NCCOCCOCCOCC(=O)NC(C(=O)N3C[C@H](O)C[C@H]3C(=O)NCc3ccc(-c4scnc4C)cc3)C(C)(C)C)c2)cc1/C=C/C1CCC(C(F)(F)F)CC1. The fourth-order valence-corrected chi connectivity index (χ4v) is 9.79. The highest BCUT2D eigenvalue weighted by atomic mass is 32.1. The fraction of sp³-hybridized carbons (Fsp3) is 0.509. The van der Waals surface area contributed by atoms with E-state index in [2.05, 4.69) is 31.2 Å². The van der Waals surface area contributed by atoms with Crippen LogP contribution in [0, 0.1) is 24.2 Å². The van der Waals surface area contributed by atoms with Gasteiger partial charge in [-0.25, -0.2) is 9.97 Å². The van der Waals surface area contributed by atoms with Gasteiger partial charge >= 0.3 is 6.18 Å². The third kappa shape index (κ3) is 17.9. The molecule has 21 heteroatoms. The van der Waals surface area contributed by atoms with Gasteiger partial charge < -0.3 is 50.2 Å². The summed E-state index contributed by atoms with van der Waals surface area (Å²) in [5.74, 6) is -2.86. The Bertz CT molecular complexity index is 2600. The summed E-state index contributed by atoms with van der Waals surface area (Å²) in [4.78, 5) is 77.1. The molecule has 3 atom stereocenters. The van der Waals surface area contributed by atoms with Crippen LogP contribution in [-0.2, 0) is 52.9 Å². The van der Waals surface area contributed by atoms with Crippen LogP contribution in [-0.4, -0.2) is 134 Å². The molecule has 412 valence electrons. The lowest BCUT2D eigenvalue weighted by Gasteiger charge is -2.35. The van der Waals surface area contributed by atoms with Gasteiger partial charge in [0.15, 0.2) is 0 Å². The normalized spacial score (nSPS) is 18.3. The topological polar surface area (TPSA) is 220 Å². The molecule has 0 bridgehead atoms. The van der Waals surface area contributed by atoms with Crippen LogP contribution in [0.5, 0.6) is 5.75 Å². The summed E-state index contributed by atoms with van der Waals surface area (Å²) in [5.41, 5.74) is 6.18. The van der Waals surface area contributed by atoms with Gasteiger partial charge in [-0.3, -0.25) is 24.0 Å². The molecule has 76 heavy (non-hydrogen) atoms. The van der Waals surface area contributed by atoms with Crippen LogP contribution < -0.4 is 26.0 Å². The van der Waals surface area contributed by atoms with Crippen molar-refractivity contribution in [1.29, 1.82) is 0 Å². The van der Waals surface area contributed by atoms with Crippen LogP contribution in [0.1, 0.15) is 91.3 Å². The van der Waals surface area contributed by atoms with Crippen LogP contribution in [0.2, 0.25) is 0 Å². The van der Waals surface area contributed by atoms with E-state index in [1.54, 1.807) is 55.8 Å². The number of benzene rings is 2. The third-order valence-electron chi connectivity index (χ3n) is 13.2. The number of aromatic nitrogens is 2. The molecular formula is C55H70F3N7O10S. The van der Waals surface area contributed by atoms with Gasteiger partial charge in [-0.1, -0.05) is 81.5 Å². The number of rotatable bonds is 25. The first-order valence-electron chi connectivity index (χ1n) is 25.5. The predicted molar refractivity (Wildman–Crippen MR) is 280 cm³/mol. The summed E-state index contributed by atoms with van der Waals surface area (Å²) in [6.45, 7) is 8.69. The summed E-state index contributed by atoms with van der Waals surface area (Å²) in [6.07, 6.45) is 1.24. The summed E-state index contributed by atoms with van der Waals surface area (Å²) in [7, 11) is 1.48. The molecule has 1 saturated heterocycles. The first-order chi connectivity index (χ1) is 36.3. The van der Waals surface area contributed by atoms with Crippen LogP contribution in [0.25, 0.3) is 16.5 Å². The number of nitrogens with one attached hydrogen (secondary N) is 4. The van der Waals surface area contributed by atoms with E-state index in [9.17, 15) is 42.3 Å². The molecule has 3 heterocycles. The van der Waals surface area contributed by atoms with Crippen molar-refractivity contribution in [3.05, 3.63) is 106 Å². The number of hydrogen-bond donors (Lipinski definition) is 5. The Labute approximate surface area is 445 Å².